The Morgan fingerprint density at radius 1 is 1.07 bits per heavy atom. The average molecular weight is 384 g/mol. The van der Waals surface area contributed by atoms with E-state index in [0.717, 1.165) is 17.0 Å². The van der Waals surface area contributed by atoms with Crippen LogP contribution in [0.1, 0.15) is 10.4 Å². The number of ether oxygens (including phenoxy) is 3. The molecule has 1 heterocycles. The molecule has 6 nitrogen and oxygen atoms in total. The predicted octanol–water partition coefficient (Wildman–Crippen LogP) is 4.10. The Hall–Kier alpha value is -2.90. The number of anilines is 1. The van der Waals surface area contributed by atoms with Gasteiger partial charge in [0, 0.05) is 23.6 Å². The lowest BCUT2D eigenvalue weighted by molar-refractivity contribution is 0.102. The van der Waals surface area contributed by atoms with Gasteiger partial charge >= 0.3 is 0 Å². The summed E-state index contributed by atoms with van der Waals surface area (Å²) in [5.41, 5.74) is 2.16. The van der Waals surface area contributed by atoms with Crippen LogP contribution in [0.15, 0.2) is 53.9 Å². The van der Waals surface area contributed by atoms with Gasteiger partial charge < -0.3 is 14.2 Å². The molecule has 140 valence electrons. The molecule has 0 radical (unpaired) electrons. The summed E-state index contributed by atoms with van der Waals surface area (Å²) in [6.45, 7) is 0.966. The maximum Gasteiger partial charge on any atom is 0.257 e. The highest BCUT2D eigenvalue weighted by Crippen LogP contribution is 2.32. The first-order chi connectivity index (χ1) is 13.2. The lowest BCUT2D eigenvalue weighted by Crippen LogP contribution is -2.11. The number of carbonyl (C=O) groups excluding carboxylic acids is 1. The smallest absolute Gasteiger partial charge is 0.257 e. The zero-order valence-electron chi connectivity index (χ0n) is 15.1. The number of benzene rings is 2. The van der Waals surface area contributed by atoms with Crippen molar-refractivity contribution in [2.75, 3.05) is 32.8 Å². The van der Waals surface area contributed by atoms with Crippen molar-refractivity contribution in [1.29, 1.82) is 0 Å². The monoisotopic (exact) mass is 384 g/mol. The number of carbonyl (C=O) groups is 1. The lowest BCUT2D eigenvalue weighted by atomic mass is 10.1. The fraction of sp³-hybridized carbons (Fsp3) is 0.200. The summed E-state index contributed by atoms with van der Waals surface area (Å²) in [5.74, 6) is 1.21. The Bertz CT molecular complexity index is 893. The summed E-state index contributed by atoms with van der Waals surface area (Å²) in [5, 5.41) is 5.24. The minimum Gasteiger partial charge on any atom is -0.497 e. The highest BCUT2D eigenvalue weighted by atomic mass is 32.1. The molecule has 0 unspecified atom stereocenters. The van der Waals surface area contributed by atoms with Crippen molar-refractivity contribution in [3.8, 4) is 22.8 Å². The minimum atomic E-state index is -0.219. The highest BCUT2D eigenvalue weighted by Gasteiger charge is 2.13. The first kappa shape index (κ1) is 18.9. The van der Waals surface area contributed by atoms with Gasteiger partial charge in [-0.1, -0.05) is 12.1 Å². The quantitative estimate of drug-likeness (QED) is 0.592. The number of amides is 1. The number of rotatable bonds is 8. The number of methoxy groups -OCH3 is 2. The molecule has 1 amide bonds. The molecule has 0 saturated carbocycles. The third-order valence-corrected chi connectivity index (χ3v) is 4.54. The second kappa shape index (κ2) is 9.16. The van der Waals surface area contributed by atoms with Gasteiger partial charge in [-0.3, -0.25) is 10.1 Å². The molecule has 0 saturated heterocycles. The molecule has 2 aromatic carbocycles. The highest BCUT2D eigenvalue weighted by molar-refractivity contribution is 7.14. The number of nitrogens with one attached hydrogen (secondary N) is 1. The van der Waals surface area contributed by atoms with Crippen molar-refractivity contribution >= 4 is 22.4 Å². The van der Waals surface area contributed by atoms with Crippen molar-refractivity contribution < 1.29 is 19.0 Å². The standard InChI is InChI=1S/C20H20N2O4S/c1-24-11-12-26-18-6-4-3-5-16(18)17-13-27-20(21-17)22-19(23)14-7-9-15(25-2)10-8-14/h3-10,13H,11-12H2,1-2H3,(H,21,22,23). The number of hydrogen-bond donors (Lipinski definition) is 1. The molecule has 3 aromatic rings. The second-order valence-corrected chi connectivity index (χ2v) is 6.42. The molecule has 0 fully saturated rings. The van der Waals surface area contributed by atoms with E-state index in [2.05, 4.69) is 10.3 Å². The molecule has 0 atom stereocenters. The summed E-state index contributed by atoms with van der Waals surface area (Å²) < 4.78 is 15.9. The maximum atomic E-state index is 12.4. The SMILES string of the molecule is COCCOc1ccccc1-c1csc(NC(=O)c2ccc(OC)cc2)n1. The predicted molar refractivity (Wildman–Crippen MR) is 106 cm³/mol. The molecule has 0 aliphatic carbocycles. The molecule has 3 rings (SSSR count). The van der Waals surface area contributed by atoms with Gasteiger partial charge in [-0.15, -0.1) is 11.3 Å². The molecule has 0 aliphatic heterocycles. The van der Waals surface area contributed by atoms with Crippen LogP contribution in [0.5, 0.6) is 11.5 Å². The van der Waals surface area contributed by atoms with E-state index in [1.807, 2.05) is 29.6 Å². The topological polar surface area (TPSA) is 69.7 Å². The molecule has 7 heteroatoms. The van der Waals surface area contributed by atoms with Gasteiger partial charge in [-0.05, 0) is 36.4 Å². The van der Waals surface area contributed by atoms with Crippen LogP contribution >= 0.6 is 11.3 Å². The number of para-hydroxylation sites is 1. The Balaban J connectivity index is 1.72. The van der Waals surface area contributed by atoms with Crippen LogP contribution in [0.3, 0.4) is 0 Å². The van der Waals surface area contributed by atoms with E-state index >= 15 is 0 Å². The van der Waals surface area contributed by atoms with E-state index in [0.29, 0.717) is 29.7 Å². The molecular formula is C20H20N2O4S. The summed E-state index contributed by atoms with van der Waals surface area (Å²) in [7, 11) is 3.22. The van der Waals surface area contributed by atoms with E-state index in [1.165, 1.54) is 11.3 Å². The Morgan fingerprint density at radius 3 is 2.59 bits per heavy atom. The Labute approximate surface area is 161 Å². The van der Waals surface area contributed by atoms with Crippen LogP contribution in [0.4, 0.5) is 5.13 Å². The largest absolute Gasteiger partial charge is 0.497 e. The molecule has 0 aliphatic rings. The van der Waals surface area contributed by atoms with Crippen LogP contribution in [-0.4, -0.2) is 38.3 Å². The van der Waals surface area contributed by atoms with E-state index in [9.17, 15) is 4.79 Å². The molecule has 27 heavy (non-hydrogen) atoms. The molecular weight excluding hydrogens is 364 g/mol. The van der Waals surface area contributed by atoms with Crippen LogP contribution in [0.2, 0.25) is 0 Å². The fourth-order valence-electron chi connectivity index (χ4n) is 2.41. The normalized spacial score (nSPS) is 10.4. The molecule has 1 aromatic heterocycles. The van der Waals surface area contributed by atoms with Crippen molar-refractivity contribution in [2.45, 2.75) is 0 Å². The van der Waals surface area contributed by atoms with E-state index < -0.39 is 0 Å². The lowest BCUT2D eigenvalue weighted by Gasteiger charge is -2.09. The van der Waals surface area contributed by atoms with Gasteiger partial charge in [0.1, 0.15) is 18.1 Å². The molecule has 1 N–H and O–H groups in total. The van der Waals surface area contributed by atoms with Crippen molar-refractivity contribution in [2.24, 2.45) is 0 Å². The summed E-state index contributed by atoms with van der Waals surface area (Å²) >= 11 is 1.36. The number of aromatic nitrogens is 1. The van der Waals surface area contributed by atoms with Crippen LogP contribution < -0.4 is 14.8 Å². The van der Waals surface area contributed by atoms with Crippen LogP contribution in [-0.2, 0) is 4.74 Å². The second-order valence-electron chi connectivity index (χ2n) is 5.56. The maximum absolute atomic E-state index is 12.4. The van der Waals surface area contributed by atoms with Gasteiger partial charge in [-0.2, -0.15) is 0 Å². The van der Waals surface area contributed by atoms with Crippen molar-refractivity contribution in [3.63, 3.8) is 0 Å². The average Bonchev–Trinajstić information content (AvgIpc) is 3.17. The van der Waals surface area contributed by atoms with Crippen LogP contribution in [0, 0.1) is 0 Å². The van der Waals surface area contributed by atoms with Gasteiger partial charge in [0.15, 0.2) is 5.13 Å². The zero-order valence-corrected chi connectivity index (χ0v) is 15.9. The van der Waals surface area contributed by atoms with Gasteiger partial charge in [0.05, 0.1) is 19.4 Å². The summed E-state index contributed by atoms with van der Waals surface area (Å²) in [6, 6.07) is 14.6. The van der Waals surface area contributed by atoms with E-state index in [4.69, 9.17) is 14.2 Å². The number of nitrogens with zero attached hydrogens (tertiary/aromatic N) is 1. The Morgan fingerprint density at radius 2 is 1.85 bits per heavy atom. The zero-order chi connectivity index (χ0) is 19.1. The van der Waals surface area contributed by atoms with Gasteiger partial charge in [-0.25, -0.2) is 4.98 Å². The third kappa shape index (κ3) is 4.84. The summed E-state index contributed by atoms with van der Waals surface area (Å²) in [6.07, 6.45) is 0. The first-order valence-electron chi connectivity index (χ1n) is 8.33. The first-order valence-corrected chi connectivity index (χ1v) is 9.21. The minimum absolute atomic E-state index is 0.219. The van der Waals surface area contributed by atoms with Crippen LogP contribution in [0.25, 0.3) is 11.3 Å². The fourth-order valence-corrected chi connectivity index (χ4v) is 3.11. The molecule has 0 spiro atoms. The van der Waals surface area contributed by atoms with Gasteiger partial charge in [0.2, 0.25) is 0 Å². The van der Waals surface area contributed by atoms with Crippen molar-refractivity contribution in [1.82, 2.24) is 4.98 Å². The van der Waals surface area contributed by atoms with Gasteiger partial charge in [0.25, 0.3) is 5.91 Å². The summed E-state index contributed by atoms with van der Waals surface area (Å²) in [4.78, 5) is 16.9. The van der Waals surface area contributed by atoms with E-state index in [1.54, 1.807) is 38.5 Å². The number of hydrogen-bond acceptors (Lipinski definition) is 6. The molecule has 0 bridgehead atoms. The van der Waals surface area contributed by atoms with Crippen molar-refractivity contribution in [3.05, 3.63) is 59.5 Å². The Kier molecular flexibility index (Phi) is 6.40. The third-order valence-electron chi connectivity index (χ3n) is 3.78. The number of thiazole rings is 1. The van der Waals surface area contributed by atoms with E-state index in [-0.39, 0.29) is 5.91 Å².